The molecule has 2 aromatic carbocycles. The van der Waals surface area contributed by atoms with Crippen molar-refractivity contribution in [2.45, 2.75) is 45.1 Å². The van der Waals surface area contributed by atoms with Gasteiger partial charge in [0.2, 0.25) is 0 Å². The van der Waals surface area contributed by atoms with Gasteiger partial charge in [0.25, 0.3) is 0 Å². The van der Waals surface area contributed by atoms with Crippen LogP contribution in [0.15, 0.2) is 54.3 Å². The molecule has 0 atom stereocenters. The zero-order valence-corrected chi connectivity index (χ0v) is 16.1. The van der Waals surface area contributed by atoms with Crippen LogP contribution >= 0.6 is 0 Å². The molecule has 148 valence electrons. The molecule has 0 unspecified atom stereocenters. The van der Waals surface area contributed by atoms with E-state index >= 15 is 0 Å². The Bertz CT molecular complexity index is 887. The second-order valence-electron chi connectivity index (χ2n) is 7.78. The minimum Gasteiger partial charge on any atom is -0.398 e. The van der Waals surface area contributed by atoms with Crippen molar-refractivity contribution in [1.29, 1.82) is 0 Å². The van der Waals surface area contributed by atoms with Crippen molar-refractivity contribution in [3.05, 3.63) is 65.4 Å². The molecule has 0 spiro atoms. The van der Waals surface area contributed by atoms with E-state index in [9.17, 15) is 17.6 Å². The molecule has 1 aliphatic heterocycles. The molecular weight excluding hydrogens is 371 g/mol. The highest BCUT2D eigenvalue weighted by Gasteiger charge is 2.53. The molecule has 0 amide bonds. The van der Waals surface area contributed by atoms with Crippen molar-refractivity contribution >= 4 is 13.2 Å². The van der Waals surface area contributed by atoms with E-state index in [1.54, 1.807) is 30.3 Å². The third kappa shape index (κ3) is 4.01. The third-order valence-electron chi connectivity index (χ3n) is 5.23. The topological polar surface area (TPSA) is 18.5 Å². The molecule has 1 saturated heterocycles. The fraction of sp³-hybridized carbons (Fsp3) is 0.333. The molecule has 1 fully saturated rings. The highest BCUT2D eigenvalue weighted by molar-refractivity contribution is 6.54. The third-order valence-corrected chi connectivity index (χ3v) is 5.23. The van der Waals surface area contributed by atoms with Gasteiger partial charge in [0.15, 0.2) is 0 Å². The number of benzene rings is 2. The molecule has 0 saturated carbocycles. The smallest absolute Gasteiger partial charge is 0.398 e. The lowest BCUT2D eigenvalue weighted by molar-refractivity contribution is -0.137. The quantitative estimate of drug-likeness (QED) is 0.450. The number of rotatable bonds is 3. The first-order valence-corrected chi connectivity index (χ1v) is 8.90. The van der Waals surface area contributed by atoms with Crippen LogP contribution in [0.3, 0.4) is 0 Å². The van der Waals surface area contributed by atoms with Crippen molar-refractivity contribution in [1.82, 2.24) is 0 Å². The Balaban J connectivity index is 1.97. The number of hydrogen-bond acceptors (Lipinski definition) is 2. The monoisotopic (exact) mass is 392 g/mol. The molecule has 0 aliphatic carbocycles. The molecule has 1 heterocycles. The van der Waals surface area contributed by atoms with Crippen LogP contribution in [-0.4, -0.2) is 18.3 Å². The summed E-state index contributed by atoms with van der Waals surface area (Å²) in [5.74, 6) is 0. The highest BCUT2D eigenvalue weighted by Crippen LogP contribution is 2.39. The van der Waals surface area contributed by atoms with Crippen LogP contribution in [0.4, 0.5) is 17.6 Å². The van der Waals surface area contributed by atoms with E-state index < -0.39 is 35.8 Å². The minimum absolute atomic E-state index is 0.350. The molecule has 0 radical (unpaired) electrons. The summed E-state index contributed by atoms with van der Waals surface area (Å²) in [6.45, 7) is 7.27. The zero-order valence-electron chi connectivity index (χ0n) is 16.1. The van der Waals surface area contributed by atoms with Gasteiger partial charge in [-0.2, -0.15) is 13.2 Å². The van der Waals surface area contributed by atoms with E-state index in [0.29, 0.717) is 16.7 Å². The van der Waals surface area contributed by atoms with E-state index in [0.717, 1.165) is 12.1 Å². The van der Waals surface area contributed by atoms with Gasteiger partial charge < -0.3 is 9.31 Å². The maximum atomic E-state index is 14.9. The molecular formula is C21H21BF4O2. The molecule has 0 bridgehead atoms. The zero-order chi connectivity index (χ0) is 20.7. The Morgan fingerprint density at radius 3 is 2.14 bits per heavy atom. The van der Waals surface area contributed by atoms with Crippen molar-refractivity contribution in [3.63, 3.8) is 0 Å². The number of alkyl halides is 3. The normalized spacial score (nSPS) is 19.1. The van der Waals surface area contributed by atoms with E-state index in [1.165, 1.54) is 12.1 Å². The predicted molar refractivity (Wildman–Crippen MR) is 102 cm³/mol. The SMILES string of the molecule is CC1(C)OB(C(F)=Cc2ccccc2-c2cccc(C(F)(F)F)c2)OC1(C)C. The second-order valence-corrected chi connectivity index (χ2v) is 7.78. The summed E-state index contributed by atoms with van der Waals surface area (Å²) in [6, 6.07) is 11.6. The summed E-state index contributed by atoms with van der Waals surface area (Å²) < 4.78 is 65.4. The van der Waals surface area contributed by atoms with Gasteiger partial charge in [-0.05, 0) is 62.6 Å². The van der Waals surface area contributed by atoms with Crippen molar-refractivity contribution < 1.29 is 26.9 Å². The van der Waals surface area contributed by atoms with Gasteiger partial charge in [0.05, 0.1) is 16.8 Å². The summed E-state index contributed by atoms with van der Waals surface area (Å²) in [5.41, 5.74) is -1.50. The summed E-state index contributed by atoms with van der Waals surface area (Å²) in [6.07, 6.45) is -3.20. The molecule has 0 aromatic heterocycles. The molecule has 1 aliphatic rings. The Morgan fingerprint density at radius 1 is 0.929 bits per heavy atom. The van der Waals surface area contributed by atoms with Gasteiger partial charge in [0.1, 0.15) is 5.73 Å². The average Bonchev–Trinajstić information content (AvgIpc) is 2.82. The first kappa shape index (κ1) is 20.6. The average molecular weight is 392 g/mol. The van der Waals surface area contributed by atoms with Crippen LogP contribution in [0, 0.1) is 0 Å². The fourth-order valence-electron chi connectivity index (χ4n) is 2.92. The van der Waals surface area contributed by atoms with Gasteiger partial charge in [-0.25, -0.2) is 4.39 Å². The van der Waals surface area contributed by atoms with Crippen LogP contribution in [0.5, 0.6) is 0 Å². The fourth-order valence-corrected chi connectivity index (χ4v) is 2.92. The molecule has 7 heteroatoms. The van der Waals surface area contributed by atoms with Crippen LogP contribution in [0.1, 0.15) is 38.8 Å². The molecule has 3 rings (SSSR count). The van der Waals surface area contributed by atoms with E-state index in [-0.39, 0.29) is 0 Å². The van der Waals surface area contributed by atoms with Gasteiger partial charge >= 0.3 is 13.3 Å². The standard InChI is InChI=1S/C21H21BF4O2/c1-19(2)20(3,4)28-22(27-19)18(23)13-15-8-5-6-11-17(15)14-9-7-10-16(12-14)21(24,25)26/h5-13H,1-4H3. The largest absolute Gasteiger partial charge is 0.525 e. The molecule has 28 heavy (non-hydrogen) atoms. The Kier molecular flexibility index (Phi) is 5.19. The van der Waals surface area contributed by atoms with E-state index in [1.807, 2.05) is 27.7 Å². The highest BCUT2D eigenvalue weighted by atomic mass is 19.4. The minimum atomic E-state index is -4.45. The Morgan fingerprint density at radius 2 is 1.54 bits per heavy atom. The van der Waals surface area contributed by atoms with Gasteiger partial charge in [-0.3, -0.25) is 0 Å². The molecule has 2 nitrogen and oxygen atoms in total. The molecule has 0 N–H and O–H groups in total. The predicted octanol–water partition coefficient (Wildman–Crippen LogP) is 6.31. The molecule has 2 aromatic rings. The lowest BCUT2D eigenvalue weighted by Crippen LogP contribution is -2.41. The number of halogens is 4. The van der Waals surface area contributed by atoms with E-state index in [4.69, 9.17) is 9.31 Å². The van der Waals surface area contributed by atoms with Crippen LogP contribution < -0.4 is 0 Å². The summed E-state index contributed by atoms with van der Waals surface area (Å²) in [4.78, 5) is 0. The summed E-state index contributed by atoms with van der Waals surface area (Å²) in [5, 5.41) is 0. The first-order chi connectivity index (χ1) is 12.9. The van der Waals surface area contributed by atoms with Crippen molar-refractivity contribution in [2.24, 2.45) is 0 Å². The van der Waals surface area contributed by atoms with E-state index in [2.05, 4.69) is 0 Å². The Labute approximate surface area is 162 Å². The first-order valence-electron chi connectivity index (χ1n) is 8.90. The van der Waals surface area contributed by atoms with Crippen LogP contribution in [0.25, 0.3) is 17.2 Å². The van der Waals surface area contributed by atoms with Crippen LogP contribution in [0.2, 0.25) is 0 Å². The number of hydrogen-bond donors (Lipinski definition) is 0. The second kappa shape index (κ2) is 7.05. The lowest BCUT2D eigenvalue weighted by Gasteiger charge is -2.32. The van der Waals surface area contributed by atoms with Crippen LogP contribution in [-0.2, 0) is 15.5 Å². The summed E-state index contributed by atoms with van der Waals surface area (Å²) in [7, 11) is -1.17. The van der Waals surface area contributed by atoms with Gasteiger partial charge in [0, 0.05) is 0 Å². The maximum absolute atomic E-state index is 14.9. The maximum Gasteiger partial charge on any atom is 0.525 e. The van der Waals surface area contributed by atoms with Gasteiger partial charge in [-0.15, -0.1) is 0 Å². The lowest BCUT2D eigenvalue weighted by atomic mass is 9.85. The van der Waals surface area contributed by atoms with Crippen molar-refractivity contribution in [2.75, 3.05) is 0 Å². The van der Waals surface area contributed by atoms with Gasteiger partial charge in [-0.1, -0.05) is 36.4 Å². The Hall–Kier alpha value is -2.12. The summed E-state index contributed by atoms with van der Waals surface area (Å²) >= 11 is 0. The van der Waals surface area contributed by atoms with Crippen molar-refractivity contribution in [3.8, 4) is 11.1 Å².